The van der Waals surface area contributed by atoms with Crippen LogP contribution >= 0.6 is 0 Å². The zero-order chi connectivity index (χ0) is 21.4. The van der Waals surface area contributed by atoms with Crippen molar-refractivity contribution in [2.24, 2.45) is 11.3 Å². The third kappa shape index (κ3) is 3.87. The fraction of sp³-hybridized carbons (Fsp3) is 0.375. The predicted molar refractivity (Wildman–Crippen MR) is 114 cm³/mol. The van der Waals surface area contributed by atoms with E-state index in [-0.39, 0.29) is 0 Å². The molecule has 1 spiro atoms. The lowest BCUT2D eigenvalue weighted by Crippen LogP contribution is -2.61. The Bertz CT molecular complexity index is 1140. The highest BCUT2D eigenvalue weighted by Crippen LogP contribution is 2.51. The van der Waals surface area contributed by atoms with E-state index in [9.17, 15) is 9.90 Å². The van der Waals surface area contributed by atoms with Crippen molar-refractivity contribution >= 4 is 6.41 Å². The highest BCUT2D eigenvalue weighted by atomic mass is 16.5. The van der Waals surface area contributed by atoms with Gasteiger partial charge in [-0.25, -0.2) is 4.98 Å². The van der Waals surface area contributed by atoms with Crippen molar-refractivity contribution < 1.29 is 14.4 Å². The van der Waals surface area contributed by atoms with Gasteiger partial charge < -0.3 is 19.1 Å². The maximum atomic E-state index is 10.7. The van der Waals surface area contributed by atoms with Crippen molar-refractivity contribution in [3.8, 4) is 23.2 Å². The Morgan fingerprint density at radius 3 is 2.81 bits per heavy atom. The summed E-state index contributed by atoms with van der Waals surface area (Å²) < 4.78 is 7.37. The lowest BCUT2D eigenvalue weighted by molar-refractivity contribution is -0.138. The molecule has 7 nitrogen and oxygen atoms in total. The van der Waals surface area contributed by atoms with Gasteiger partial charge in [-0.3, -0.25) is 4.79 Å². The van der Waals surface area contributed by atoms with Crippen LogP contribution in [-0.4, -0.2) is 44.2 Å². The summed E-state index contributed by atoms with van der Waals surface area (Å²) in [6.45, 7) is 3.96. The largest absolute Gasteiger partial charge is 0.385 e. The van der Waals surface area contributed by atoms with Gasteiger partial charge in [-0.2, -0.15) is 0 Å². The molecule has 7 heteroatoms. The first-order valence-corrected chi connectivity index (χ1v) is 10.5. The smallest absolute Gasteiger partial charge is 0.209 e. The number of likely N-dealkylation sites (tertiary alicyclic amines) is 1. The van der Waals surface area contributed by atoms with E-state index in [1.807, 2.05) is 46.0 Å². The summed E-state index contributed by atoms with van der Waals surface area (Å²) in [5.41, 5.74) is 3.03. The summed E-state index contributed by atoms with van der Waals surface area (Å²) in [4.78, 5) is 16.7. The minimum atomic E-state index is -0.639. The third-order valence-electron chi connectivity index (χ3n) is 6.19. The number of nitrogens with zero attached hydrogens (tertiary/aromatic N) is 4. The maximum absolute atomic E-state index is 10.7. The first-order valence-electron chi connectivity index (χ1n) is 10.5. The second kappa shape index (κ2) is 7.71. The Labute approximate surface area is 180 Å². The van der Waals surface area contributed by atoms with Crippen LogP contribution in [0.4, 0.5) is 0 Å². The molecule has 1 aromatic carbocycles. The fourth-order valence-electron chi connectivity index (χ4n) is 4.66. The van der Waals surface area contributed by atoms with Crippen molar-refractivity contribution in [1.82, 2.24) is 19.6 Å². The van der Waals surface area contributed by atoms with Crippen LogP contribution in [-0.2, 0) is 11.3 Å². The molecule has 5 rings (SSSR count). The van der Waals surface area contributed by atoms with Gasteiger partial charge in [-0.1, -0.05) is 17.0 Å². The maximum Gasteiger partial charge on any atom is 0.209 e. The summed E-state index contributed by atoms with van der Waals surface area (Å²) in [7, 11) is 0. The van der Waals surface area contributed by atoms with Crippen LogP contribution < -0.4 is 0 Å². The normalized spacial score (nSPS) is 18.1. The topological polar surface area (TPSA) is 84.4 Å². The molecule has 2 aliphatic rings. The molecule has 1 aliphatic carbocycles. The van der Waals surface area contributed by atoms with Crippen LogP contribution in [0.3, 0.4) is 0 Å². The van der Waals surface area contributed by atoms with Gasteiger partial charge in [0, 0.05) is 54.0 Å². The minimum Gasteiger partial charge on any atom is -0.385 e. The van der Waals surface area contributed by atoms with E-state index < -0.39 is 6.10 Å². The molecule has 1 amide bonds. The van der Waals surface area contributed by atoms with Crippen LogP contribution in [0.5, 0.6) is 0 Å². The van der Waals surface area contributed by atoms with Gasteiger partial charge in [-0.05, 0) is 44.0 Å². The van der Waals surface area contributed by atoms with Gasteiger partial charge in [0.05, 0.1) is 6.54 Å². The number of carbonyl (C=O) groups excluding carboxylic acids is 1. The zero-order valence-electron chi connectivity index (χ0n) is 17.4. The van der Waals surface area contributed by atoms with E-state index in [1.54, 1.807) is 13.1 Å². The number of imidazole rings is 1. The summed E-state index contributed by atoms with van der Waals surface area (Å²) in [5, 5.41) is 13.9. The molecule has 3 heterocycles. The minimum absolute atomic E-state index is 0.348. The molecule has 3 aromatic rings. The summed E-state index contributed by atoms with van der Waals surface area (Å²) in [5.74, 6) is 8.37. The molecule has 1 atom stereocenters. The zero-order valence-corrected chi connectivity index (χ0v) is 17.4. The van der Waals surface area contributed by atoms with Gasteiger partial charge in [0.1, 0.15) is 17.6 Å². The van der Waals surface area contributed by atoms with E-state index >= 15 is 0 Å². The lowest BCUT2D eigenvalue weighted by Gasteiger charge is -2.57. The Morgan fingerprint density at radius 2 is 2.10 bits per heavy atom. The van der Waals surface area contributed by atoms with E-state index in [0.29, 0.717) is 29.5 Å². The summed E-state index contributed by atoms with van der Waals surface area (Å²) >= 11 is 0. The third-order valence-corrected chi connectivity index (χ3v) is 6.19. The van der Waals surface area contributed by atoms with Crippen molar-refractivity contribution in [3.63, 3.8) is 0 Å². The molecular formula is C24H24N4O3. The second-order valence-corrected chi connectivity index (χ2v) is 8.73. The molecule has 0 radical (unpaired) electrons. The van der Waals surface area contributed by atoms with Gasteiger partial charge >= 0.3 is 0 Å². The first-order chi connectivity index (χ1) is 15.0. The molecule has 0 unspecified atom stereocenters. The van der Waals surface area contributed by atoms with Gasteiger partial charge in [0.25, 0.3) is 0 Å². The second-order valence-electron chi connectivity index (χ2n) is 8.73. The molecule has 1 aliphatic heterocycles. The molecule has 0 bridgehead atoms. The Morgan fingerprint density at radius 1 is 1.32 bits per heavy atom. The number of aliphatic hydroxyl groups is 1. The summed E-state index contributed by atoms with van der Waals surface area (Å²) in [6.07, 6.45) is 5.97. The number of amides is 1. The number of carbonyl (C=O) groups is 1. The van der Waals surface area contributed by atoms with Gasteiger partial charge in [0.2, 0.25) is 6.41 Å². The van der Waals surface area contributed by atoms with Crippen LogP contribution in [0.25, 0.3) is 11.3 Å². The van der Waals surface area contributed by atoms with E-state index in [2.05, 4.69) is 22.0 Å². The quantitative estimate of drug-likeness (QED) is 0.511. The molecule has 1 N–H and O–H groups in total. The highest BCUT2D eigenvalue weighted by molar-refractivity contribution is 5.59. The average Bonchev–Trinajstić information content (AvgIpc) is 3.36. The van der Waals surface area contributed by atoms with Crippen LogP contribution in [0.2, 0.25) is 0 Å². The van der Waals surface area contributed by atoms with Crippen molar-refractivity contribution in [2.45, 2.75) is 32.4 Å². The van der Waals surface area contributed by atoms with Crippen molar-refractivity contribution in [3.05, 3.63) is 59.8 Å². The highest BCUT2D eigenvalue weighted by Gasteiger charge is 2.51. The molecule has 31 heavy (non-hydrogen) atoms. The van der Waals surface area contributed by atoms with Crippen molar-refractivity contribution in [2.75, 3.05) is 13.1 Å². The summed E-state index contributed by atoms with van der Waals surface area (Å²) in [6, 6.07) is 9.88. The average molecular weight is 416 g/mol. The molecule has 2 aromatic heterocycles. The number of benzene rings is 1. The van der Waals surface area contributed by atoms with E-state index in [1.165, 1.54) is 0 Å². The van der Waals surface area contributed by atoms with Gasteiger partial charge in [-0.15, -0.1) is 0 Å². The Balaban J connectivity index is 1.20. The number of hydrogen-bond acceptors (Lipinski definition) is 5. The van der Waals surface area contributed by atoms with Crippen LogP contribution in [0.1, 0.15) is 43.0 Å². The number of rotatable bonds is 5. The predicted octanol–water partition coefficient (Wildman–Crippen LogP) is 2.86. The number of aromatic nitrogens is 3. The molecule has 1 saturated carbocycles. The molecular weight excluding hydrogens is 392 g/mol. The van der Waals surface area contributed by atoms with E-state index in [0.717, 1.165) is 49.2 Å². The first kappa shape index (κ1) is 19.6. The monoisotopic (exact) mass is 416 g/mol. The number of aliphatic hydroxyl groups excluding tert-OH is 1. The number of hydrogen-bond donors (Lipinski definition) is 1. The Hall–Kier alpha value is -3.37. The Kier molecular flexibility index (Phi) is 4.87. The fourth-order valence-corrected chi connectivity index (χ4v) is 4.66. The SMILES string of the molecule is C[C@H](O)c1nccn1Cc1cc(-c2ccc(C#CC3CC4(C3)CN(C=O)C4)cc2)on1. The molecule has 1 saturated heterocycles. The van der Waals surface area contributed by atoms with Crippen molar-refractivity contribution in [1.29, 1.82) is 0 Å². The lowest BCUT2D eigenvalue weighted by atomic mass is 9.58. The van der Waals surface area contributed by atoms with E-state index in [4.69, 9.17) is 4.52 Å². The molecule has 158 valence electrons. The standard InChI is InChI=1S/C24H24N4O3/c1-17(30)23-25-8-9-28(23)13-21-10-22(31-26-21)20-6-4-18(5-7-20)2-3-19-11-24(12-19)14-27(15-24)16-29/h4-10,16-17,19,30H,11-15H2,1H3/t17-/m0/s1. The van der Waals surface area contributed by atoms with Crippen LogP contribution in [0, 0.1) is 23.2 Å². The van der Waals surface area contributed by atoms with Crippen LogP contribution in [0.15, 0.2) is 47.2 Å². The van der Waals surface area contributed by atoms with Gasteiger partial charge in [0.15, 0.2) is 5.76 Å². The molecule has 2 fully saturated rings.